The molecule has 0 atom stereocenters. The van der Waals surface area contributed by atoms with Gasteiger partial charge in [0.1, 0.15) is 5.69 Å². The van der Waals surface area contributed by atoms with Crippen LogP contribution >= 0.6 is 0 Å². The van der Waals surface area contributed by atoms with Gasteiger partial charge in [-0.1, -0.05) is 19.0 Å². The molecule has 0 spiro atoms. The molecule has 6 nitrogen and oxygen atoms in total. The molecule has 3 N–H and O–H groups in total. The van der Waals surface area contributed by atoms with Crippen LogP contribution in [0.3, 0.4) is 0 Å². The predicted molar refractivity (Wildman–Crippen MR) is 54.9 cm³/mol. The summed E-state index contributed by atoms with van der Waals surface area (Å²) in [6.07, 6.45) is 1.50. The van der Waals surface area contributed by atoms with Gasteiger partial charge in [0.2, 0.25) is 0 Å². The van der Waals surface area contributed by atoms with Gasteiger partial charge in [-0.15, -0.1) is 0 Å². The summed E-state index contributed by atoms with van der Waals surface area (Å²) in [4.78, 5) is 7.87. The Morgan fingerprint density at radius 2 is 2.40 bits per heavy atom. The molecule has 0 bridgehead atoms. The first-order valence-electron chi connectivity index (χ1n) is 4.57. The van der Waals surface area contributed by atoms with Crippen molar-refractivity contribution in [3.05, 3.63) is 18.0 Å². The van der Waals surface area contributed by atoms with Gasteiger partial charge < -0.3 is 15.7 Å². The largest absolute Gasteiger partial charge is 0.463 e. The lowest BCUT2D eigenvalue weighted by Gasteiger charge is -2.06. The number of ether oxygens (including phenoxy) is 1. The third kappa shape index (κ3) is 3.41. The number of aromatic nitrogens is 2. The van der Waals surface area contributed by atoms with Crippen LogP contribution in [-0.2, 0) is 0 Å². The van der Waals surface area contributed by atoms with Crippen molar-refractivity contribution in [1.29, 1.82) is 0 Å². The maximum Gasteiger partial charge on any atom is 0.317 e. The molecular formula is C9H14N4O2. The molecule has 0 aromatic carbocycles. The molecule has 0 aliphatic rings. The van der Waals surface area contributed by atoms with Crippen LogP contribution in [0.4, 0.5) is 0 Å². The monoisotopic (exact) mass is 210 g/mol. The maximum absolute atomic E-state index is 8.46. The highest BCUT2D eigenvalue weighted by atomic mass is 16.5. The van der Waals surface area contributed by atoms with Gasteiger partial charge in [0.15, 0.2) is 5.84 Å². The van der Waals surface area contributed by atoms with Crippen molar-refractivity contribution in [2.45, 2.75) is 13.8 Å². The number of nitrogens with two attached hydrogens (primary N) is 1. The fourth-order valence-electron chi connectivity index (χ4n) is 0.845. The summed E-state index contributed by atoms with van der Waals surface area (Å²) in [6, 6.07) is 1.77. The molecule has 6 heteroatoms. The number of oxime groups is 1. The Hall–Kier alpha value is -1.85. The van der Waals surface area contributed by atoms with Crippen LogP contribution in [0, 0.1) is 5.92 Å². The normalized spacial score (nSPS) is 11.8. The lowest BCUT2D eigenvalue weighted by Crippen LogP contribution is -2.16. The molecule has 1 heterocycles. The van der Waals surface area contributed by atoms with Gasteiger partial charge in [0.25, 0.3) is 0 Å². The molecule has 0 aliphatic carbocycles. The lowest BCUT2D eigenvalue weighted by atomic mass is 10.2. The third-order valence-corrected chi connectivity index (χ3v) is 1.55. The summed E-state index contributed by atoms with van der Waals surface area (Å²) < 4.78 is 5.29. The average Bonchev–Trinajstić information content (AvgIpc) is 2.25. The average molecular weight is 210 g/mol. The number of nitrogens with zero attached hydrogens (tertiary/aromatic N) is 3. The van der Waals surface area contributed by atoms with Crippen molar-refractivity contribution >= 4 is 5.84 Å². The molecule has 0 saturated carbocycles. The second-order valence-electron chi connectivity index (χ2n) is 3.41. The van der Waals surface area contributed by atoms with Gasteiger partial charge in [0, 0.05) is 6.20 Å². The second kappa shape index (κ2) is 5.14. The Bertz CT molecular complexity index is 352. The Labute approximate surface area is 87.8 Å². The smallest absolute Gasteiger partial charge is 0.317 e. The number of amidine groups is 1. The van der Waals surface area contributed by atoms with Gasteiger partial charge in [-0.25, -0.2) is 4.98 Å². The van der Waals surface area contributed by atoms with Crippen molar-refractivity contribution < 1.29 is 9.94 Å². The molecule has 15 heavy (non-hydrogen) atoms. The van der Waals surface area contributed by atoms with Gasteiger partial charge in [-0.05, 0) is 12.0 Å². The second-order valence-corrected chi connectivity index (χ2v) is 3.41. The van der Waals surface area contributed by atoms with Crippen LogP contribution in [0.2, 0.25) is 0 Å². The van der Waals surface area contributed by atoms with E-state index < -0.39 is 0 Å². The van der Waals surface area contributed by atoms with Crippen molar-refractivity contribution in [3.8, 4) is 6.01 Å². The molecule has 0 amide bonds. The molecule has 1 aromatic heterocycles. The van der Waals surface area contributed by atoms with E-state index in [1.807, 2.05) is 13.8 Å². The quantitative estimate of drug-likeness (QED) is 0.328. The van der Waals surface area contributed by atoms with Gasteiger partial charge in [-0.3, -0.25) is 0 Å². The Morgan fingerprint density at radius 3 is 3.00 bits per heavy atom. The number of hydrogen-bond donors (Lipinski definition) is 2. The molecule has 0 radical (unpaired) electrons. The van der Waals surface area contributed by atoms with Crippen LogP contribution < -0.4 is 10.5 Å². The Kier molecular flexibility index (Phi) is 3.84. The van der Waals surface area contributed by atoms with E-state index in [1.54, 1.807) is 0 Å². The number of hydrogen-bond acceptors (Lipinski definition) is 5. The van der Waals surface area contributed by atoms with Crippen molar-refractivity contribution in [2.24, 2.45) is 16.8 Å². The summed E-state index contributed by atoms with van der Waals surface area (Å²) in [7, 11) is 0. The van der Waals surface area contributed by atoms with E-state index in [1.165, 1.54) is 12.3 Å². The van der Waals surface area contributed by atoms with Crippen molar-refractivity contribution in [3.63, 3.8) is 0 Å². The highest BCUT2D eigenvalue weighted by molar-refractivity contribution is 5.95. The summed E-state index contributed by atoms with van der Waals surface area (Å²) in [6.45, 7) is 4.57. The summed E-state index contributed by atoms with van der Waals surface area (Å²) in [5.74, 6) is 0.327. The molecule has 82 valence electrons. The highest BCUT2D eigenvalue weighted by Gasteiger charge is 2.04. The summed E-state index contributed by atoms with van der Waals surface area (Å²) >= 11 is 0. The van der Waals surface area contributed by atoms with Gasteiger partial charge in [-0.2, -0.15) is 4.98 Å². The summed E-state index contributed by atoms with van der Waals surface area (Å²) in [5, 5.41) is 11.3. The topological polar surface area (TPSA) is 93.6 Å². The third-order valence-electron chi connectivity index (χ3n) is 1.55. The first kappa shape index (κ1) is 11.2. The molecule has 0 fully saturated rings. The number of rotatable bonds is 4. The summed E-state index contributed by atoms with van der Waals surface area (Å²) in [5.41, 5.74) is 5.71. The molecule has 0 aliphatic heterocycles. The van der Waals surface area contributed by atoms with E-state index in [4.69, 9.17) is 15.7 Å². The standard InChI is InChI=1S/C9H14N4O2/c1-6(2)5-15-9-11-4-3-7(12-9)8(10)13-14/h3-4,6,14H,5H2,1-2H3,(H2,10,13). The van der Waals surface area contributed by atoms with E-state index in [0.717, 1.165) is 0 Å². The van der Waals surface area contributed by atoms with Crippen molar-refractivity contribution in [1.82, 2.24) is 9.97 Å². The maximum atomic E-state index is 8.46. The molecular weight excluding hydrogens is 196 g/mol. The van der Waals surface area contributed by atoms with Gasteiger partial charge in [0.05, 0.1) is 6.61 Å². The van der Waals surface area contributed by atoms with Crippen LogP contribution in [0.1, 0.15) is 19.5 Å². The fourth-order valence-corrected chi connectivity index (χ4v) is 0.845. The first-order valence-corrected chi connectivity index (χ1v) is 4.57. The SMILES string of the molecule is CC(C)COc1nccc(/C(N)=N\O)n1. The first-order chi connectivity index (χ1) is 7.13. The minimum Gasteiger partial charge on any atom is -0.463 e. The molecule has 1 rings (SSSR count). The van der Waals surface area contributed by atoms with Crippen LogP contribution in [-0.4, -0.2) is 27.6 Å². The van der Waals surface area contributed by atoms with Gasteiger partial charge >= 0.3 is 6.01 Å². The van der Waals surface area contributed by atoms with E-state index >= 15 is 0 Å². The zero-order valence-electron chi connectivity index (χ0n) is 8.71. The molecule has 0 unspecified atom stereocenters. The fraction of sp³-hybridized carbons (Fsp3) is 0.444. The Morgan fingerprint density at radius 1 is 1.67 bits per heavy atom. The molecule has 0 saturated heterocycles. The van der Waals surface area contributed by atoms with Crippen LogP contribution in [0.5, 0.6) is 6.01 Å². The van der Waals surface area contributed by atoms with Crippen LogP contribution in [0.15, 0.2) is 17.4 Å². The predicted octanol–water partition coefficient (Wildman–Crippen LogP) is 0.606. The van der Waals surface area contributed by atoms with E-state index in [0.29, 0.717) is 18.2 Å². The lowest BCUT2D eigenvalue weighted by molar-refractivity contribution is 0.250. The Balaban J connectivity index is 2.74. The van der Waals surface area contributed by atoms with Crippen molar-refractivity contribution in [2.75, 3.05) is 6.61 Å². The minimum atomic E-state index is -0.0632. The minimum absolute atomic E-state index is 0.0632. The van der Waals surface area contributed by atoms with E-state index in [2.05, 4.69) is 15.1 Å². The van der Waals surface area contributed by atoms with E-state index in [9.17, 15) is 0 Å². The highest BCUT2D eigenvalue weighted by Crippen LogP contribution is 2.04. The zero-order chi connectivity index (χ0) is 11.3. The molecule has 1 aromatic rings. The zero-order valence-corrected chi connectivity index (χ0v) is 8.71. The van der Waals surface area contributed by atoms with E-state index in [-0.39, 0.29) is 11.8 Å². The van der Waals surface area contributed by atoms with Crippen LogP contribution in [0.25, 0.3) is 0 Å².